The minimum atomic E-state index is -0.849. The summed E-state index contributed by atoms with van der Waals surface area (Å²) in [6.07, 6.45) is 0.545. The monoisotopic (exact) mass is 686 g/mol. The summed E-state index contributed by atoms with van der Waals surface area (Å²) in [5, 5.41) is 19.1. The summed E-state index contributed by atoms with van der Waals surface area (Å²) in [7, 11) is 0. The zero-order chi connectivity index (χ0) is 32.5. The molecule has 2 heterocycles. The van der Waals surface area contributed by atoms with Crippen LogP contribution in [0.5, 0.6) is 0 Å². The third-order valence-electron chi connectivity index (χ3n) is 5.24. The Morgan fingerprint density at radius 2 is 1.31 bits per heavy atom. The Morgan fingerprint density at radius 3 is 1.69 bits per heavy atom. The van der Waals surface area contributed by atoms with Crippen LogP contribution in [-0.2, 0) is 85.3 Å². The van der Waals surface area contributed by atoms with Crippen LogP contribution in [0.25, 0.3) is 0 Å². The van der Waals surface area contributed by atoms with Crippen molar-refractivity contribution in [1.29, 1.82) is 0 Å². The van der Waals surface area contributed by atoms with Crippen molar-refractivity contribution >= 4 is 40.7 Å². The van der Waals surface area contributed by atoms with Gasteiger partial charge in [0.05, 0.1) is 12.7 Å². The van der Waals surface area contributed by atoms with E-state index >= 15 is 0 Å². The number of nitrogens with one attached hydrogen (secondary N) is 1. The van der Waals surface area contributed by atoms with E-state index in [9.17, 15) is 19.8 Å². The molecular weight excluding hydrogens is 646 g/mol. The Hall–Kier alpha value is -3.19. The maximum Gasteiger partial charge on any atom is 2.00 e. The maximum atomic E-state index is 12.2. The number of hydrogen-bond acceptors (Lipinski definition) is 11. The van der Waals surface area contributed by atoms with Gasteiger partial charge >= 0.3 is 39.2 Å². The van der Waals surface area contributed by atoms with Gasteiger partial charge in [-0.15, -0.1) is 0 Å². The van der Waals surface area contributed by atoms with Crippen LogP contribution in [0, 0.1) is 0 Å². The van der Waals surface area contributed by atoms with Crippen LogP contribution >= 0.6 is 0 Å². The molecule has 0 aliphatic carbocycles. The van der Waals surface area contributed by atoms with Gasteiger partial charge in [-0.05, 0) is 29.4 Å². The van der Waals surface area contributed by atoms with Crippen LogP contribution in [0.1, 0.15) is 50.1 Å². The normalized spacial score (nSPS) is 15.6. The summed E-state index contributed by atoms with van der Waals surface area (Å²) in [5.41, 5.74) is 1.92. The number of carbonyl (C=O) groups is 6. The zero-order valence-electron chi connectivity index (χ0n) is 23.9. The molecule has 2 radical (unpaired) electrons. The van der Waals surface area contributed by atoms with Gasteiger partial charge in [0, 0.05) is 18.2 Å². The fraction of sp³-hybridized carbons (Fsp3) is 0.407. The number of carbonyl (C=O) groups excluding carboxylic acids is 6. The minimum Gasteiger partial charge on any atom is -0.394 e. The fourth-order valence-electron chi connectivity index (χ4n) is 3.42. The molecule has 13 nitrogen and oxygen atoms in total. The molecule has 1 aromatic heterocycles. The summed E-state index contributed by atoms with van der Waals surface area (Å²) in [6.45, 7) is 18.2. The van der Waals surface area contributed by atoms with E-state index in [1.54, 1.807) is 0 Å². The Labute approximate surface area is 265 Å². The van der Waals surface area contributed by atoms with Crippen LogP contribution < -0.4 is 11.2 Å². The number of aromatic amines is 1. The Balaban J connectivity index is -0.000000206. The quantitative estimate of drug-likeness (QED) is 0.386. The molecule has 1 saturated heterocycles. The molecule has 1 fully saturated rings. The number of aliphatic hydroxyl groups is 2. The van der Waals surface area contributed by atoms with E-state index in [4.69, 9.17) is 33.5 Å². The first-order chi connectivity index (χ1) is 19.2. The second-order valence-electron chi connectivity index (χ2n) is 8.38. The molecule has 0 bridgehead atoms. The number of nitrogens with zero attached hydrogens (tertiary/aromatic N) is 1. The summed E-state index contributed by atoms with van der Waals surface area (Å²) >= 11 is 0. The van der Waals surface area contributed by atoms with Crippen molar-refractivity contribution in [2.24, 2.45) is 0 Å². The van der Waals surface area contributed by atoms with Crippen LogP contribution in [0.3, 0.4) is 0 Å². The number of hydrogen-bond donors (Lipinski definition) is 3. The average molecular weight is 686 g/mol. The Bertz CT molecular complexity index is 1030. The van der Waals surface area contributed by atoms with Crippen molar-refractivity contribution in [3.05, 3.63) is 68.0 Å². The molecule has 1 aliphatic rings. The average Bonchev–Trinajstić information content (AvgIpc) is 3.38. The van der Waals surface area contributed by atoms with Crippen LogP contribution in [-0.4, -0.2) is 79.3 Å². The first kappa shape index (κ1) is 51.5. The molecule has 0 amide bonds. The number of aliphatic hydroxyl groups excluding tert-OH is 2. The SMILES string of the molecule is C=O.C=O.C=O.C=O.C=O.C=O.CC(C)(C)c1ccc(CCc2cn([C@H]3C[C@H](O)[C@@H](CO)O3)c(=O)[nH]c2=O)cc1.[Co+2].[Co+2]. The number of benzene rings is 1. The molecule has 3 N–H and O–H groups in total. The molecule has 3 atom stereocenters. The number of aryl methyl sites for hydroxylation is 2. The van der Waals surface area contributed by atoms with Crippen LogP contribution in [0.15, 0.2) is 40.1 Å². The van der Waals surface area contributed by atoms with Crippen molar-refractivity contribution < 1.29 is 77.3 Å². The van der Waals surface area contributed by atoms with Crippen molar-refractivity contribution in [1.82, 2.24) is 9.55 Å². The molecule has 1 aromatic carbocycles. The number of aromatic nitrogens is 2. The van der Waals surface area contributed by atoms with Gasteiger partial charge in [-0.3, -0.25) is 14.3 Å². The van der Waals surface area contributed by atoms with Gasteiger partial charge in [0.15, 0.2) is 0 Å². The van der Waals surface area contributed by atoms with Gasteiger partial charge in [-0.1, -0.05) is 45.0 Å². The van der Waals surface area contributed by atoms with Gasteiger partial charge in [0.25, 0.3) is 5.56 Å². The molecule has 0 saturated carbocycles. The molecule has 15 heteroatoms. The van der Waals surface area contributed by atoms with Gasteiger partial charge in [-0.2, -0.15) is 0 Å². The Morgan fingerprint density at radius 1 is 0.857 bits per heavy atom. The fourth-order valence-corrected chi connectivity index (χ4v) is 3.42. The molecule has 0 unspecified atom stereocenters. The molecule has 1 aliphatic heterocycles. The molecule has 3 rings (SSSR count). The number of ether oxygens (including phenoxy) is 1. The topological polar surface area (TPSA) is 207 Å². The van der Waals surface area contributed by atoms with Crippen molar-refractivity contribution in [3.8, 4) is 0 Å². The molecule has 42 heavy (non-hydrogen) atoms. The third kappa shape index (κ3) is 17.6. The first-order valence-corrected chi connectivity index (χ1v) is 11.3. The second kappa shape index (κ2) is 30.8. The van der Waals surface area contributed by atoms with E-state index in [0.717, 1.165) is 5.56 Å². The molecular formula is C27H40Co2N2O11+4. The predicted molar refractivity (Wildman–Crippen MR) is 148 cm³/mol. The van der Waals surface area contributed by atoms with E-state index in [1.807, 2.05) is 40.7 Å². The van der Waals surface area contributed by atoms with E-state index < -0.39 is 29.7 Å². The predicted octanol–water partition coefficient (Wildman–Crippen LogP) is 0.146. The summed E-state index contributed by atoms with van der Waals surface area (Å²) in [6, 6.07) is 8.33. The van der Waals surface area contributed by atoms with Gasteiger partial charge in [-0.25, -0.2) is 4.79 Å². The Kier molecular flexibility index (Phi) is 37.8. The van der Waals surface area contributed by atoms with Gasteiger partial charge in [0.1, 0.15) is 53.1 Å². The van der Waals surface area contributed by atoms with Crippen molar-refractivity contribution in [3.63, 3.8) is 0 Å². The second-order valence-corrected chi connectivity index (χ2v) is 8.38. The third-order valence-corrected chi connectivity index (χ3v) is 5.24. The summed E-state index contributed by atoms with van der Waals surface area (Å²) < 4.78 is 6.82. The van der Waals surface area contributed by atoms with Crippen molar-refractivity contribution in [2.45, 2.75) is 63.9 Å². The van der Waals surface area contributed by atoms with Crippen LogP contribution in [0.2, 0.25) is 0 Å². The van der Waals surface area contributed by atoms with E-state index in [-0.39, 0.29) is 52.0 Å². The zero-order valence-corrected chi connectivity index (χ0v) is 26.0. The summed E-state index contributed by atoms with van der Waals surface area (Å²) in [5.74, 6) is 0. The minimum absolute atomic E-state index is 0. The van der Waals surface area contributed by atoms with Gasteiger partial charge in [0.2, 0.25) is 0 Å². The van der Waals surface area contributed by atoms with E-state index in [1.165, 1.54) is 16.3 Å². The summed E-state index contributed by atoms with van der Waals surface area (Å²) in [4.78, 5) is 74.7. The van der Waals surface area contributed by atoms with Crippen LogP contribution in [0.4, 0.5) is 0 Å². The van der Waals surface area contributed by atoms with Crippen molar-refractivity contribution in [2.75, 3.05) is 6.61 Å². The van der Waals surface area contributed by atoms with E-state index in [2.05, 4.69) is 50.0 Å². The molecule has 0 spiro atoms. The molecule has 238 valence electrons. The van der Waals surface area contributed by atoms with Gasteiger partial charge < -0.3 is 43.7 Å². The van der Waals surface area contributed by atoms with E-state index in [0.29, 0.717) is 18.4 Å². The molecule has 2 aromatic rings. The number of H-pyrrole nitrogens is 1. The largest absolute Gasteiger partial charge is 2.00 e. The smallest absolute Gasteiger partial charge is 0.394 e. The maximum absolute atomic E-state index is 12.2. The standard InChI is InChI=1S/C21H28N2O5.6CH2O.2Co/c1-21(2,3)15-8-5-13(6-9-15)4-7-14-11-23(20(27)22-19(14)26)18-10-16(25)17(12-24)28-18;6*1-2;;/h5-6,8-9,11,16-18,24-25H,4,7,10,12H2,1-3H3,(H,22,26,27);6*1H2;;/q;;;;;;;2*+2/t16-,17+,18+;;;;;;;;/m0......../s1. The first-order valence-electron chi connectivity index (χ1n) is 11.3. The number of rotatable bonds is 5.